The normalized spacial score (nSPS) is 10.8. The Bertz CT molecular complexity index is 1240. The highest BCUT2D eigenvalue weighted by molar-refractivity contribution is 7.98. The van der Waals surface area contributed by atoms with Crippen molar-refractivity contribution in [2.45, 2.75) is 38.4 Å². The Hall–Kier alpha value is -3.57. The quantitative estimate of drug-likeness (QED) is 0.384. The second-order valence-electron chi connectivity index (χ2n) is 7.07. The van der Waals surface area contributed by atoms with Crippen molar-refractivity contribution >= 4 is 11.8 Å². The molecular weight excluding hydrogens is 410 g/mol. The maximum Gasteiger partial charge on any atom is 0.277 e. The third kappa shape index (κ3) is 4.62. The molecule has 2 aromatic carbocycles. The summed E-state index contributed by atoms with van der Waals surface area (Å²) in [5, 5.41) is 22.7. The van der Waals surface area contributed by atoms with E-state index in [1.165, 1.54) is 11.8 Å². The average Bonchev–Trinajstić information content (AvgIpc) is 3.37. The van der Waals surface area contributed by atoms with Gasteiger partial charge in [-0.25, -0.2) is 4.68 Å². The minimum absolute atomic E-state index is 0.197. The van der Waals surface area contributed by atoms with E-state index < -0.39 is 0 Å². The minimum Gasteiger partial charge on any atom is -0.484 e. The molecule has 0 aliphatic heterocycles. The molecule has 0 amide bonds. The topological polar surface area (TPSA) is 89.8 Å². The monoisotopic (exact) mass is 431 g/mol. The van der Waals surface area contributed by atoms with Crippen LogP contribution in [0.1, 0.15) is 34.0 Å². The van der Waals surface area contributed by atoms with E-state index in [2.05, 4.69) is 21.4 Å². The van der Waals surface area contributed by atoms with Crippen molar-refractivity contribution in [2.75, 3.05) is 0 Å². The number of ether oxygens (including phenoxy) is 1. The summed E-state index contributed by atoms with van der Waals surface area (Å²) >= 11 is 1.37. The van der Waals surface area contributed by atoms with Crippen LogP contribution in [0.3, 0.4) is 0 Å². The van der Waals surface area contributed by atoms with Gasteiger partial charge in [0.25, 0.3) is 11.1 Å². The Morgan fingerprint density at radius 3 is 2.68 bits per heavy atom. The van der Waals surface area contributed by atoms with Crippen LogP contribution in [-0.2, 0) is 12.4 Å². The molecule has 156 valence electrons. The van der Waals surface area contributed by atoms with Gasteiger partial charge in [-0.1, -0.05) is 42.1 Å². The minimum atomic E-state index is 0.197. The van der Waals surface area contributed by atoms with E-state index in [0.717, 1.165) is 28.3 Å². The zero-order chi connectivity index (χ0) is 21.8. The standard InChI is InChI=1S/C23H21N5O2S/c1-15-9-10-16(2)21(11-15)29-13-22-25-26-23(30-22)31-14-20-19(12-24)17(3)27-28(20)18-7-5-4-6-8-18/h4-11H,13-14H2,1-3H3. The molecule has 0 unspecified atom stereocenters. The molecule has 0 saturated heterocycles. The van der Waals surface area contributed by atoms with Crippen molar-refractivity contribution in [2.24, 2.45) is 0 Å². The van der Waals surface area contributed by atoms with Crippen LogP contribution in [0.25, 0.3) is 5.69 Å². The predicted molar refractivity (Wildman–Crippen MR) is 117 cm³/mol. The highest BCUT2D eigenvalue weighted by Crippen LogP contribution is 2.27. The number of para-hydroxylation sites is 1. The highest BCUT2D eigenvalue weighted by atomic mass is 32.2. The molecule has 0 saturated carbocycles. The average molecular weight is 432 g/mol. The third-order valence-electron chi connectivity index (χ3n) is 4.74. The summed E-state index contributed by atoms with van der Waals surface area (Å²) in [7, 11) is 0. The first-order valence-corrected chi connectivity index (χ1v) is 10.7. The van der Waals surface area contributed by atoms with Crippen molar-refractivity contribution in [1.29, 1.82) is 5.26 Å². The van der Waals surface area contributed by atoms with Gasteiger partial charge in [0.1, 0.15) is 11.8 Å². The molecule has 0 spiro atoms. The van der Waals surface area contributed by atoms with Crippen LogP contribution >= 0.6 is 11.8 Å². The van der Waals surface area contributed by atoms with Crippen LogP contribution in [0.15, 0.2) is 58.2 Å². The molecule has 2 aromatic heterocycles. The van der Waals surface area contributed by atoms with Gasteiger partial charge in [0.05, 0.1) is 22.6 Å². The number of nitrogens with zero attached hydrogens (tertiary/aromatic N) is 5. The van der Waals surface area contributed by atoms with E-state index in [9.17, 15) is 5.26 Å². The van der Waals surface area contributed by atoms with E-state index in [-0.39, 0.29) is 6.61 Å². The van der Waals surface area contributed by atoms with Crippen LogP contribution in [0.5, 0.6) is 5.75 Å². The number of aromatic nitrogens is 4. The lowest BCUT2D eigenvalue weighted by Gasteiger charge is -2.07. The molecule has 31 heavy (non-hydrogen) atoms. The number of rotatable bonds is 7. The summed E-state index contributed by atoms with van der Waals surface area (Å²) in [5.74, 6) is 1.67. The molecule has 7 nitrogen and oxygen atoms in total. The second-order valence-corrected chi connectivity index (χ2v) is 8.00. The molecule has 4 rings (SSSR count). The summed E-state index contributed by atoms with van der Waals surface area (Å²) in [4.78, 5) is 0. The Morgan fingerprint density at radius 1 is 1.10 bits per heavy atom. The van der Waals surface area contributed by atoms with Crippen LogP contribution in [0, 0.1) is 32.1 Å². The fourth-order valence-corrected chi connectivity index (χ4v) is 3.90. The summed E-state index contributed by atoms with van der Waals surface area (Å²) < 4.78 is 13.4. The second kappa shape index (κ2) is 9.06. The molecule has 4 aromatic rings. The lowest BCUT2D eigenvalue weighted by atomic mass is 10.1. The first kappa shape index (κ1) is 20.7. The molecule has 0 fully saturated rings. The zero-order valence-corrected chi connectivity index (χ0v) is 18.3. The Morgan fingerprint density at radius 2 is 1.90 bits per heavy atom. The Balaban J connectivity index is 1.47. The molecule has 0 bridgehead atoms. The maximum absolute atomic E-state index is 9.60. The summed E-state index contributed by atoms with van der Waals surface area (Å²) in [6, 6.07) is 18.0. The van der Waals surface area contributed by atoms with E-state index in [1.54, 1.807) is 4.68 Å². The zero-order valence-electron chi connectivity index (χ0n) is 17.5. The Kier molecular flexibility index (Phi) is 6.05. The van der Waals surface area contributed by atoms with E-state index in [0.29, 0.717) is 28.1 Å². The van der Waals surface area contributed by atoms with Crippen molar-refractivity contribution in [3.63, 3.8) is 0 Å². The number of nitriles is 1. The largest absolute Gasteiger partial charge is 0.484 e. The molecule has 0 aliphatic carbocycles. The van der Waals surface area contributed by atoms with Gasteiger partial charge in [-0.05, 0) is 50.1 Å². The summed E-state index contributed by atoms with van der Waals surface area (Å²) in [6.45, 7) is 6.05. The van der Waals surface area contributed by atoms with Crippen molar-refractivity contribution in [1.82, 2.24) is 20.0 Å². The lowest BCUT2D eigenvalue weighted by molar-refractivity contribution is 0.250. The SMILES string of the molecule is Cc1ccc(C)c(OCc2nnc(SCc3c(C#N)c(C)nn3-c3ccccc3)o2)c1. The number of hydrogen-bond acceptors (Lipinski definition) is 7. The number of hydrogen-bond donors (Lipinski definition) is 0. The van der Waals surface area contributed by atoms with Gasteiger partial charge in [0, 0.05) is 5.75 Å². The molecule has 0 N–H and O–H groups in total. The number of thioether (sulfide) groups is 1. The van der Waals surface area contributed by atoms with Crippen molar-refractivity contribution in [3.05, 3.63) is 82.5 Å². The maximum atomic E-state index is 9.60. The fourth-order valence-electron chi connectivity index (χ4n) is 3.12. The first-order valence-electron chi connectivity index (χ1n) is 9.74. The van der Waals surface area contributed by atoms with Gasteiger partial charge >= 0.3 is 0 Å². The summed E-state index contributed by atoms with van der Waals surface area (Å²) in [6.07, 6.45) is 0. The van der Waals surface area contributed by atoms with Gasteiger partial charge in [0.15, 0.2) is 6.61 Å². The number of aryl methyl sites for hydroxylation is 3. The smallest absolute Gasteiger partial charge is 0.277 e. The van der Waals surface area contributed by atoms with Crippen LogP contribution < -0.4 is 4.74 Å². The first-order chi connectivity index (χ1) is 15.0. The predicted octanol–water partition coefficient (Wildman–Crippen LogP) is 4.92. The van der Waals surface area contributed by atoms with Gasteiger partial charge in [-0.2, -0.15) is 10.4 Å². The van der Waals surface area contributed by atoms with Gasteiger partial charge in [0.2, 0.25) is 0 Å². The molecule has 0 aliphatic rings. The lowest BCUT2D eigenvalue weighted by Crippen LogP contribution is -2.02. The van der Waals surface area contributed by atoms with Crippen molar-refractivity contribution in [3.8, 4) is 17.5 Å². The molecular formula is C23H21N5O2S. The van der Waals surface area contributed by atoms with Crippen LogP contribution in [0.4, 0.5) is 0 Å². The van der Waals surface area contributed by atoms with E-state index in [4.69, 9.17) is 9.15 Å². The van der Waals surface area contributed by atoms with E-state index in [1.807, 2.05) is 69.3 Å². The van der Waals surface area contributed by atoms with Gasteiger partial charge < -0.3 is 9.15 Å². The van der Waals surface area contributed by atoms with Gasteiger partial charge in [-0.3, -0.25) is 0 Å². The third-order valence-corrected chi connectivity index (χ3v) is 5.57. The van der Waals surface area contributed by atoms with E-state index >= 15 is 0 Å². The van der Waals surface area contributed by atoms with Gasteiger partial charge in [-0.15, -0.1) is 10.2 Å². The number of benzene rings is 2. The van der Waals surface area contributed by atoms with Crippen molar-refractivity contribution < 1.29 is 9.15 Å². The van der Waals surface area contributed by atoms with Crippen LogP contribution in [0.2, 0.25) is 0 Å². The molecule has 0 radical (unpaired) electrons. The molecule has 0 atom stereocenters. The van der Waals surface area contributed by atoms with Crippen LogP contribution in [-0.4, -0.2) is 20.0 Å². The molecule has 2 heterocycles. The fraction of sp³-hybridized carbons (Fsp3) is 0.217. The highest BCUT2D eigenvalue weighted by Gasteiger charge is 2.18. The summed E-state index contributed by atoms with van der Waals surface area (Å²) in [5.41, 5.74) is 5.12. The molecule has 8 heteroatoms. The Labute approximate surface area is 184 Å².